The van der Waals surface area contributed by atoms with Gasteiger partial charge in [0.1, 0.15) is 5.54 Å². The highest BCUT2D eigenvalue weighted by Crippen LogP contribution is 2.37. The molecule has 1 aromatic rings. The van der Waals surface area contributed by atoms with Crippen LogP contribution in [0.5, 0.6) is 0 Å². The van der Waals surface area contributed by atoms with Crippen LogP contribution >= 0.6 is 0 Å². The molecule has 1 saturated carbocycles. The lowest BCUT2D eigenvalue weighted by Gasteiger charge is -2.38. The summed E-state index contributed by atoms with van der Waals surface area (Å²) in [7, 11) is 0. The van der Waals surface area contributed by atoms with Crippen LogP contribution in [0.1, 0.15) is 51.4 Å². The molecule has 1 amide bonds. The summed E-state index contributed by atoms with van der Waals surface area (Å²) in [6.07, 6.45) is 12.8. The van der Waals surface area contributed by atoms with Gasteiger partial charge in [0.15, 0.2) is 0 Å². The maximum absolute atomic E-state index is 13.2. The van der Waals surface area contributed by atoms with Crippen LogP contribution in [-0.4, -0.2) is 59.0 Å². The highest BCUT2D eigenvalue weighted by molar-refractivity contribution is 5.86. The van der Waals surface area contributed by atoms with Crippen LogP contribution in [0.4, 0.5) is 5.95 Å². The molecule has 1 aromatic heterocycles. The summed E-state index contributed by atoms with van der Waals surface area (Å²) < 4.78 is 0. The smallest absolute Gasteiger partial charge is 0.240 e. The van der Waals surface area contributed by atoms with Gasteiger partial charge in [-0.05, 0) is 63.6 Å². The van der Waals surface area contributed by atoms with Crippen molar-refractivity contribution >= 4 is 11.9 Å². The van der Waals surface area contributed by atoms with Gasteiger partial charge < -0.3 is 10.2 Å². The summed E-state index contributed by atoms with van der Waals surface area (Å²) in [4.78, 5) is 26.6. The van der Waals surface area contributed by atoms with Gasteiger partial charge in [0, 0.05) is 32.0 Å². The maximum atomic E-state index is 13.2. The van der Waals surface area contributed by atoms with Crippen molar-refractivity contribution in [3.8, 4) is 0 Å². The molecule has 0 aromatic carbocycles. The Morgan fingerprint density at radius 3 is 2.54 bits per heavy atom. The topological polar surface area (TPSA) is 61.4 Å². The molecule has 6 heteroatoms. The Kier molecular flexibility index (Phi) is 5.38. The lowest BCUT2D eigenvalue weighted by Crippen LogP contribution is -2.57. The first-order valence-corrected chi connectivity index (χ1v) is 10.3. The van der Waals surface area contributed by atoms with E-state index in [4.69, 9.17) is 0 Å². The van der Waals surface area contributed by atoms with E-state index in [1.54, 1.807) is 12.4 Å². The van der Waals surface area contributed by atoms with E-state index in [1.807, 2.05) is 6.07 Å². The van der Waals surface area contributed by atoms with E-state index in [2.05, 4.69) is 25.1 Å². The van der Waals surface area contributed by atoms with Crippen LogP contribution in [0.3, 0.4) is 0 Å². The molecular formula is C20H31N5O. The van der Waals surface area contributed by atoms with E-state index in [9.17, 15) is 4.79 Å². The van der Waals surface area contributed by atoms with Gasteiger partial charge in [-0.1, -0.05) is 12.8 Å². The molecule has 2 aliphatic heterocycles. The van der Waals surface area contributed by atoms with E-state index >= 15 is 0 Å². The molecule has 142 valence electrons. The average molecular weight is 358 g/mol. The Morgan fingerprint density at radius 2 is 1.81 bits per heavy atom. The molecule has 3 fully saturated rings. The number of hydrogen-bond donors (Lipinski definition) is 1. The lowest BCUT2D eigenvalue weighted by atomic mass is 9.93. The van der Waals surface area contributed by atoms with E-state index in [1.165, 1.54) is 32.1 Å². The SMILES string of the molecule is O=C(NC[C@H]1CCCN(c2ncccn2)C1)C1(N2CCCC2)CCCC1. The molecule has 2 saturated heterocycles. The van der Waals surface area contributed by atoms with Gasteiger partial charge in [-0.3, -0.25) is 9.69 Å². The van der Waals surface area contributed by atoms with Crippen LogP contribution in [0, 0.1) is 5.92 Å². The van der Waals surface area contributed by atoms with E-state index < -0.39 is 0 Å². The predicted octanol–water partition coefficient (Wildman–Crippen LogP) is 2.22. The Bertz CT molecular complexity index is 595. The lowest BCUT2D eigenvalue weighted by molar-refractivity contribution is -0.133. The first-order valence-electron chi connectivity index (χ1n) is 10.3. The first kappa shape index (κ1) is 17.7. The minimum absolute atomic E-state index is 0.215. The second-order valence-corrected chi connectivity index (χ2v) is 8.15. The second-order valence-electron chi connectivity index (χ2n) is 8.15. The van der Waals surface area contributed by atoms with Gasteiger partial charge in [0.2, 0.25) is 11.9 Å². The molecule has 1 atom stereocenters. The van der Waals surface area contributed by atoms with Gasteiger partial charge in [-0.15, -0.1) is 0 Å². The third kappa shape index (κ3) is 3.56. The van der Waals surface area contributed by atoms with Crippen molar-refractivity contribution in [3.05, 3.63) is 18.5 Å². The highest BCUT2D eigenvalue weighted by Gasteiger charge is 2.46. The van der Waals surface area contributed by atoms with Gasteiger partial charge in [0.25, 0.3) is 0 Å². The molecule has 26 heavy (non-hydrogen) atoms. The molecule has 0 spiro atoms. The fourth-order valence-corrected chi connectivity index (χ4v) is 5.06. The summed E-state index contributed by atoms with van der Waals surface area (Å²) in [5.41, 5.74) is -0.215. The highest BCUT2D eigenvalue weighted by atomic mass is 16.2. The second kappa shape index (κ2) is 7.91. The number of nitrogens with one attached hydrogen (secondary N) is 1. The van der Waals surface area contributed by atoms with Crippen LogP contribution in [-0.2, 0) is 4.79 Å². The number of likely N-dealkylation sites (tertiary alicyclic amines) is 1. The van der Waals surface area contributed by atoms with Crippen LogP contribution < -0.4 is 10.2 Å². The maximum Gasteiger partial charge on any atom is 0.240 e. The molecular weight excluding hydrogens is 326 g/mol. The Hall–Kier alpha value is -1.69. The number of carbonyl (C=O) groups excluding carboxylic acids is 1. The van der Waals surface area contributed by atoms with Crippen molar-refractivity contribution in [3.63, 3.8) is 0 Å². The molecule has 3 aliphatic rings. The zero-order chi connectivity index (χ0) is 17.8. The summed E-state index contributed by atoms with van der Waals surface area (Å²) in [6.45, 7) is 4.90. The molecule has 0 unspecified atom stereocenters. The number of rotatable bonds is 5. The van der Waals surface area contributed by atoms with Crippen LogP contribution in [0.25, 0.3) is 0 Å². The normalized spacial score (nSPS) is 26.2. The molecule has 3 heterocycles. The van der Waals surface area contributed by atoms with Crippen LogP contribution in [0.15, 0.2) is 18.5 Å². The molecule has 1 N–H and O–H groups in total. The average Bonchev–Trinajstić information content (AvgIpc) is 3.39. The van der Waals surface area contributed by atoms with Gasteiger partial charge in [0.05, 0.1) is 0 Å². The third-order valence-electron chi connectivity index (χ3n) is 6.47. The molecule has 0 radical (unpaired) electrons. The van der Waals surface area contributed by atoms with Crippen molar-refractivity contribution in [2.45, 2.75) is 56.9 Å². The zero-order valence-electron chi connectivity index (χ0n) is 15.7. The number of nitrogens with zero attached hydrogens (tertiary/aromatic N) is 4. The monoisotopic (exact) mass is 357 g/mol. The largest absolute Gasteiger partial charge is 0.354 e. The Balaban J connectivity index is 1.34. The number of anilines is 1. The molecule has 4 rings (SSSR count). The predicted molar refractivity (Wildman–Crippen MR) is 102 cm³/mol. The number of carbonyl (C=O) groups is 1. The van der Waals surface area contributed by atoms with E-state index in [-0.39, 0.29) is 11.4 Å². The van der Waals surface area contributed by atoms with Crippen molar-refractivity contribution in [2.24, 2.45) is 5.92 Å². The van der Waals surface area contributed by atoms with Crippen molar-refractivity contribution in [1.29, 1.82) is 0 Å². The van der Waals surface area contributed by atoms with Gasteiger partial charge in [-0.25, -0.2) is 9.97 Å². The minimum atomic E-state index is -0.215. The number of piperidine rings is 1. The summed E-state index contributed by atoms with van der Waals surface area (Å²) in [5, 5.41) is 3.34. The first-order chi connectivity index (χ1) is 12.8. The van der Waals surface area contributed by atoms with Crippen molar-refractivity contribution in [1.82, 2.24) is 20.2 Å². The molecule has 1 aliphatic carbocycles. The van der Waals surface area contributed by atoms with Gasteiger partial charge >= 0.3 is 0 Å². The summed E-state index contributed by atoms with van der Waals surface area (Å²) >= 11 is 0. The minimum Gasteiger partial charge on any atom is -0.354 e. The third-order valence-corrected chi connectivity index (χ3v) is 6.47. The Morgan fingerprint density at radius 1 is 1.08 bits per heavy atom. The fourth-order valence-electron chi connectivity index (χ4n) is 5.06. The quantitative estimate of drug-likeness (QED) is 0.875. The number of amides is 1. The van der Waals surface area contributed by atoms with Gasteiger partial charge in [-0.2, -0.15) is 0 Å². The van der Waals surface area contributed by atoms with Crippen LogP contribution in [0.2, 0.25) is 0 Å². The Labute approximate surface area is 156 Å². The standard InChI is InChI=1S/C20H31N5O/c26-18(20(8-1-2-9-20)25-13-3-4-14-25)23-15-17-7-5-12-24(16-17)19-21-10-6-11-22-19/h6,10-11,17H,1-5,7-9,12-16H2,(H,23,26)/t17-/m1/s1. The summed E-state index contributed by atoms with van der Waals surface area (Å²) in [6, 6.07) is 1.85. The van der Waals surface area contributed by atoms with E-state index in [0.717, 1.165) is 57.9 Å². The zero-order valence-corrected chi connectivity index (χ0v) is 15.7. The fraction of sp³-hybridized carbons (Fsp3) is 0.750. The number of hydrogen-bond acceptors (Lipinski definition) is 5. The summed E-state index contributed by atoms with van der Waals surface area (Å²) in [5.74, 6) is 1.58. The molecule has 0 bridgehead atoms. The van der Waals surface area contributed by atoms with E-state index in [0.29, 0.717) is 5.92 Å². The molecule has 6 nitrogen and oxygen atoms in total. The van der Waals surface area contributed by atoms with Crippen molar-refractivity contribution in [2.75, 3.05) is 37.6 Å². The number of aromatic nitrogens is 2. The van der Waals surface area contributed by atoms with Crippen molar-refractivity contribution < 1.29 is 4.79 Å².